The summed E-state index contributed by atoms with van der Waals surface area (Å²) in [6.07, 6.45) is 0.807. The first-order valence-corrected chi connectivity index (χ1v) is 7.41. The van der Waals surface area contributed by atoms with E-state index in [-0.39, 0.29) is 11.8 Å². The fraction of sp³-hybridized carbons (Fsp3) is 0.364. The van der Waals surface area contributed by atoms with E-state index in [1.54, 1.807) is 18.2 Å². The molecule has 1 aliphatic heterocycles. The lowest BCUT2D eigenvalue weighted by atomic mass is 10.1. The van der Waals surface area contributed by atoms with Gasteiger partial charge in [0.2, 0.25) is 5.91 Å². The maximum atomic E-state index is 11.9. The molecule has 1 atom stereocenters. The molecule has 104 valence electrons. The fourth-order valence-corrected chi connectivity index (χ4v) is 2.40. The average Bonchev–Trinajstić information content (AvgIpc) is 2.80. The molecule has 7 nitrogen and oxygen atoms in total. The van der Waals surface area contributed by atoms with Gasteiger partial charge in [-0.05, 0) is 31.2 Å². The van der Waals surface area contributed by atoms with E-state index in [0.717, 1.165) is 13.0 Å². The second kappa shape index (κ2) is 5.55. The molecule has 0 bridgehead atoms. The highest BCUT2D eigenvalue weighted by atomic mass is 32.2. The molecule has 0 saturated carbocycles. The van der Waals surface area contributed by atoms with Crippen LogP contribution in [0.4, 0.5) is 11.4 Å². The molecule has 0 aliphatic carbocycles. The molecule has 1 fully saturated rings. The minimum absolute atomic E-state index is 0.0464. The van der Waals surface area contributed by atoms with Gasteiger partial charge in [-0.15, -0.1) is 0 Å². The highest BCUT2D eigenvalue weighted by Gasteiger charge is 2.22. The highest BCUT2D eigenvalue weighted by Crippen LogP contribution is 2.17. The number of anilines is 2. The lowest BCUT2D eigenvalue weighted by Gasteiger charge is -2.11. The number of nitrogens with two attached hydrogens (primary N) is 1. The van der Waals surface area contributed by atoms with Gasteiger partial charge in [-0.3, -0.25) is 9.52 Å². The van der Waals surface area contributed by atoms with Crippen molar-refractivity contribution in [3.63, 3.8) is 0 Å². The van der Waals surface area contributed by atoms with Crippen molar-refractivity contribution < 1.29 is 13.2 Å². The van der Waals surface area contributed by atoms with Crippen LogP contribution in [0, 0.1) is 5.92 Å². The topological polar surface area (TPSA) is 113 Å². The van der Waals surface area contributed by atoms with Gasteiger partial charge in [0.1, 0.15) is 0 Å². The van der Waals surface area contributed by atoms with Gasteiger partial charge in [0, 0.05) is 12.2 Å². The largest absolute Gasteiger partial charge is 0.326 e. The van der Waals surface area contributed by atoms with E-state index in [9.17, 15) is 13.2 Å². The quantitative estimate of drug-likeness (QED) is 0.615. The van der Waals surface area contributed by atoms with E-state index in [2.05, 4.69) is 15.4 Å². The van der Waals surface area contributed by atoms with Gasteiger partial charge in [0.05, 0.1) is 11.6 Å². The molecule has 1 unspecified atom stereocenters. The monoisotopic (exact) mass is 284 g/mol. The van der Waals surface area contributed by atoms with Crippen molar-refractivity contribution in [3.05, 3.63) is 24.3 Å². The number of rotatable bonds is 4. The SMILES string of the molecule is NS(=O)(=O)Nc1cccc(NC(=O)C2CCNC2)c1. The Bertz CT molecular complexity index is 567. The Morgan fingerprint density at radius 1 is 1.37 bits per heavy atom. The van der Waals surface area contributed by atoms with E-state index in [1.165, 1.54) is 6.07 Å². The van der Waals surface area contributed by atoms with Crippen LogP contribution in [0.2, 0.25) is 0 Å². The van der Waals surface area contributed by atoms with Crippen LogP contribution in [0.1, 0.15) is 6.42 Å². The van der Waals surface area contributed by atoms with Gasteiger partial charge in [-0.25, -0.2) is 5.14 Å². The molecular formula is C11H16N4O3S. The first kappa shape index (κ1) is 13.8. The van der Waals surface area contributed by atoms with Crippen LogP contribution in [0.25, 0.3) is 0 Å². The zero-order chi connectivity index (χ0) is 13.9. The second-order valence-electron chi connectivity index (χ2n) is 4.41. The van der Waals surface area contributed by atoms with Gasteiger partial charge in [-0.2, -0.15) is 8.42 Å². The van der Waals surface area contributed by atoms with Gasteiger partial charge < -0.3 is 10.6 Å². The number of amides is 1. The van der Waals surface area contributed by atoms with E-state index in [1.807, 2.05) is 0 Å². The van der Waals surface area contributed by atoms with Crippen LogP contribution in [-0.4, -0.2) is 27.4 Å². The van der Waals surface area contributed by atoms with E-state index >= 15 is 0 Å². The maximum absolute atomic E-state index is 11.9. The lowest BCUT2D eigenvalue weighted by molar-refractivity contribution is -0.119. The van der Waals surface area contributed by atoms with Gasteiger partial charge in [0.15, 0.2) is 0 Å². The number of hydrogen-bond donors (Lipinski definition) is 4. The molecule has 1 saturated heterocycles. The van der Waals surface area contributed by atoms with Crippen molar-refractivity contribution in [2.45, 2.75) is 6.42 Å². The summed E-state index contributed by atoms with van der Waals surface area (Å²) in [5.41, 5.74) is 0.843. The normalized spacial score (nSPS) is 19.1. The summed E-state index contributed by atoms with van der Waals surface area (Å²) in [6, 6.07) is 6.40. The zero-order valence-electron chi connectivity index (χ0n) is 10.2. The van der Waals surface area contributed by atoms with Crippen molar-refractivity contribution in [1.29, 1.82) is 0 Å². The number of hydrogen-bond acceptors (Lipinski definition) is 4. The molecule has 19 heavy (non-hydrogen) atoms. The van der Waals surface area contributed by atoms with Crippen LogP contribution >= 0.6 is 0 Å². The van der Waals surface area contributed by atoms with Crippen LogP contribution in [0.15, 0.2) is 24.3 Å². The smallest absolute Gasteiger partial charge is 0.296 e. The predicted molar refractivity (Wildman–Crippen MR) is 72.8 cm³/mol. The van der Waals surface area contributed by atoms with E-state index in [0.29, 0.717) is 17.9 Å². The zero-order valence-corrected chi connectivity index (χ0v) is 11.0. The summed E-state index contributed by atoms with van der Waals surface area (Å²) in [4.78, 5) is 11.9. The Morgan fingerprint density at radius 2 is 2.11 bits per heavy atom. The molecule has 5 N–H and O–H groups in total. The first-order chi connectivity index (χ1) is 8.94. The highest BCUT2D eigenvalue weighted by molar-refractivity contribution is 7.90. The standard InChI is InChI=1S/C11H16N4O3S/c12-19(17,18)15-10-3-1-2-9(6-10)14-11(16)8-4-5-13-7-8/h1-3,6,8,13,15H,4-5,7H2,(H,14,16)(H2,12,17,18). The van der Waals surface area contributed by atoms with E-state index < -0.39 is 10.2 Å². The lowest BCUT2D eigenvalue weighted by Crippen LogP contribution is -2.25. The fourth-order valence-electron chi connectivity index (χ4n) is 1.95. The van der Waals surface area contributed by atoms with Gasteiger partial charge >= 0.3 is 0 Å². The van der Waals surface area contributed by atoms with Crippen LogP contribution in [-0.2, 0) is 15.0 Å². The molecule has 0 radical (unpaired) electrons. The number of nitrogens with one attached hydrogen (secondary N) is 3. The molecule has 1 aliphatic rings. The molecule has 1 heterocycles. The maximum Gasteiger partial charge on any atom is 0.296 e. The van der Waals surface area contributed by atoms with Crippen molar-refractivity contribution >= 4 is 27.5 Å². The molecule has 2 rings (SSSR count). The van der Waals surface area contributed by atoms with Crippen molar-refractivity contribution in [3.8, 4) is 0 Å². The minimum atomic E-state index is -3.81. The molecule has 1 aromatic carbocycles. The van der Waals surface area contributed by atoms with Gasteiger partial charge in [0.25, 0.3) is 10.2 Å². The minimum Gasteiger partial charge on any atom is -0.326 e. The Kier molecular flexibility index (Phi) is 4.03. The summed E-state index contributed by atoms with van der Waals surface area (Å²) in [5, 5.41) is 10.8. The average molecular weight is 284 g/mol. The Labute approximate surface area is 111 Å². The van der Waals surface area contributed by atoms with Crippen LogP contribution in [0.5, 0.6) is 0 Å². The molecule has 1 aromatic rings. The van der Waals surface area contributed by atoms with Gasteiger partial charge in [-0.1, -0.05) is 6.07 Å². The Morgan fingerprint density at radius 3 is 2.74 bits per heavy atom. The summed E-state index contributed by atoms with van der Waals surface area (Å²) < 4.78 is 24.0. The summed E-state index contributed by atoms with van der Waals surface area (Å²) in [7, 11) is -3.81. The summed E-state index contributed by atoms with van der Waals surface area (Å²) in [5.74, 6) is -0.118. The number of carbonyl (C=O) groups is 1. The number of carbonyl (C=O) groups excluding carboxylic acids is 1. The molecule has 1 amide bonds. The van der Waals surface area contributed by atoms with Crippen molar-refractivity contribution in [2.24, 2.45) is 11.1 Å². The van der Waals surface area contributed by atoms with Crippen LogP contribution in [0.3, 0.4) is 0 Å². The number of benzene rings is 1. The Balaban J connectivity index is 2.04. The third kappa shape index (κ3) is 4.19. The molecule has 0 aromatic heterocycles. The van der Waals surface area contributed by atoms with Crippen LogP contribution < -0.4 is 20.5 Å². The molecule has 0 spiro atoms. The summed E-state index contributed by atoms with van der Waals surface area (Å²) >= 11 is 0. The van der Waals surface area contributed by atoms with Crippen molar-refractivity contribution in [2.75, 3.05) is 23.1 Å². The molecule has 8 heteroatoms. The summed E-state index contributed by atoms with van der Waals surface area (Å²) in [6.45, 7) is 1.51. The third-order valence-corrected chi connectivity index (χ3v) is 3.34. The molecular weight excluding hydrogens is 268 g/mol. The predicted octanol–water partition coefficient (Wildman–Crippen LogP) is -0.150. The first-order valence-electron chi connectivity index (χ1n) is 5.86. The van der Waals surface area contributed by atoms with Crippen molar-refractivity contribution in [1.82, 2.24) is 5.32 Å². The third-order valence-electron chi connectivity index (χ3n) is 2.82. The second-order valence-corrected chi connectivity index (χ2v) is 5.70. The Hall–Kier alpha value is -1.64. The van der Waals surface area contributed by atoms with E-state index in [4.69, 9.17) is 5.14 Å².